The van der Waals surface area contributed by atoms with Crippen LogP contribution in [-0.4, -0.2) is 23.6 Å². The number of nitrogens with one attached hydrogen (secondary N) is 1. The summed E-state index contributed by atoms with van der Waals surface area (Å²) in [5.74, 6) is 2.51. The number of aryl methyl sites for hydroxylation is 1. The number of anilines is 2. The Morgan fingerprint density at radius 3 is 2.50 bits per heavy atom. The summed E-state index contributed by atoms with van der Waals surface area (Å²) in [4.78, 5) is 11.2. The molecular weight excluding hydrogens is 344 g/mol. The van der Waals surface area contributed by atoms with Crippen LogP contribution in [0.25, 0.3) is 0 Å². The number of rotatable bonds is 7. The Morgan fingerprint density at radius 2 is 1.73 bits per heavy atom. The van der Waals surface area contributed by atoms with Gasteiger partial charge in [-0.3, -0.25) is 0 Å². The van der Waals surface area contributed by atoms with Crippen LogP contribution < -0.4 is 10.2 Å². The highest BCUT2D eigenvalue weighted by Crippen LogP contribution is 2.17. The quantitative estimate of drug-likeness (QED) is 0.656. The van der Waals surface area contributed by atoms with E-state index in [1.54, 1.807) is 0 Å². The van der Waals surface area contributed by atoms with Crippen molar-refractivity contribution in [1.29, 1.82) is 0 Å². The van der Waals surface area contributed by atoms with Crippen LogP contribution in [0.2, 0.25) is 5.02 Å². The molecule has 0 unspecified atom stereocenters. The number of nitrogens with zero attached hydrogens (tertiary/aromatic N) is 3. The van der Waals surface area contributed by atoms with E-state index < -0.39 is 0 Å². The molecule has 1 aromatic heterocycles. The van der Waals surface area contributed by atoms with Gasteiger partial charge in [-0.1, -0.05) is 54.1 Å². The third kappa shape index (κ3) is 5.20. The van der Waals surface area contributed by atoms with Crippen molar-refractivity contribution < 1.29 is 0 Å². The Labute approximate surface area is 159 Å². The van der Waals surface area contributed by atoms with Gasteiger partial charge >= 0.3 is 0 Å². The van der Waals surface area contributed by atoms with Crippen LogP contribution in [0.1, 0.15) is 17.0 Å². The van der Waals surface area contributed by atoms with E-state index in [2.05, 4.69) is 50.5 Å². The fourth-order valence-corrected chi connectivity index (χ4v) is 3.02. The Kier molecular flexibility index (Phi) is 6.08. The summed E-state index contributed by atoms with van der Waals surface area (Å²) < 4.78 is 0. The zero-order valence-electron chi connectivity index (χ0n) is 15.1. The molecule has 0 radical (unpaired) electrons. The predicted octanol–water partition coefficient (Wildman–Crippen LogP) is 4.73. The maximum atomic E-state index is 6.04. The highest BCUT2D eigenvalue weighted by atomic mass is 35.5. The molecule has 2 aromatic carbocycles. The van der Waals surface area contributed by atoms with Gasteiger partial charge in [0.2, 0.25) is 0 Å². The van der Waals surface area contributed by atoms with Crippen LogP contribution in [0.15, 0.2) is 60.7 Å². The summed E-state index contributed by atoms with van der Waals surface area (Å²) in [6.45, 7) is 3.51. The first-order valence-electron chi connectivity index (χ1n) is 8.69. The van der Waals surface area contributed by atoms with Crippen molar-refractivity contribution in [1.82, 2.24) is 9.97 Å². The highest BCUT2D eigenvalue weighted by Gasteiger charge is 2.07. The molecule has 0 aliphatic heterocycles. The lowest BCUT2D eigenvalue weighted by molar-refractivity contribution is 0.877. The summed E-state index contributed by atoms with van der Waals surface area (Å²) in [6.07, 6.45) is 0.888. The van der Waals surface area contributed by atoms with E-state index in [4.69, 9.17) is 11.6 Å². The molecule has 0 saturated carbocycles. The van der Waals surface area contributed by atoms with Crippen LogP contribution in [0.3, 0.4) is 0 Å². The number of hydrogen-bond acceptors (Lipinski definition) is 4. The molecule has 0 atom stereocenters. The third-order valence-electron chi connectivity index (χ3n) is 4.09. The van der Waals surface area contributed by atoms with Crippen LogP contribution in [0.4, 0.5) is 11.6 Å². The highest BCUT2D eigenvalue weighted by molar-refractivity contribution is 6.30. The number of benzene rings is 2. The Bertz CT molecular complexity index is 852. The monoisotopic (exact) mass is 366 g/mol. The van der Waals surface area contributed by atoms with Gasteiger partial charge in [-0.05, 0) is 36.6 Å². The van der Waals surface area contributed by atoms with E-state index in [1.165, 1.54) is 11.1 Å². The van der Waals surface area contributed by atoms with Crippen LogP contribution >= 0.6 is 11.6 Å². The van der Waals surface area contributed by atoms with E-state index in [0.717, 1.165) is 42.0 Å². The number of hydrogen-bond donors (Lipinski definition) is 1. The lowest BCUT2D eigenvalue weighted by Gasteiger charge is -2.19. The predicted molar refractivity (Wildman–Crippen MR) is 109 cm³/mol. The molecule has 3 aromatic rings. The second-order valence-electron chi connectivity index (χ2n) is 6.31. The van der Waals surface area contributed by atoms with E-state index in [0.29, 0.717) is 0 Å². The zero-order valence-corrected chi connectivity index (χ0v) is 15.9. The molecule has 26 heavy (non-hydrogen) atoms. The molecule has 0 aliphatic carbocycles. The Balaban J connectivity index is 1.63. The lowest BCUT2D eigenvalue weighted by Crippen LogP contribution is -2.19. The van der Waals surface area contributed by atoms with Gasteiger partial charge in [-0.25, -0.2) is 9.97 Å². The first kappa shape index (κ1) is 18.2. The summed E-state index contributed by atoms with van der Waals surface area (Å²) in [5.41, 5.74) is 2.46. The summed E-state index contributed by atoms with van der Waals surface area (Å²) in [5, 5.41) is 4.16. The number of aromatic nitrogens is 2. The molecule has 3 rings (SSSR count). The van der Waals surface area contributed by atoms with Crippen molar-refractivity contribution in [2.24, 2.45) is 0 Å². The molecule has 1 N–H and O–H groups in total. The van der Waals surface area contributed by atoms with Crippen molar-refractivity contribution in [3.8, 4) is 0 Å². The van der Waals surface area contributed by atoms with Gasteiger partial charge in [0.25, 0.3) is 0 Å². The molecule has 0 saturated heterocycles. The van der Waals surface area contributed by atoms with Gasteiger partial charge in [0.05, 0.1) is 0 Å². The normalized spacial score (nSPS) is 10.6. The minimum atomic E-state index is 0.757. The topological polar surface area (TPSA) is 41.1 Å². The fraction of sp³-hybridized carbons (Fsp3) is 0.238. The minimum absolute atomic E-state index is 0.757. The summed E-state index contributed by atoms with van der Waals surface area (Å²) in [6, 6.07) is 20.3. The second-order valence-corrected chi connectivity index (χ2v) is 6.74. The molecule has 0 fully saturated rings. The van der Waals surface area contributed by atoms with Crippen molar-refractivity contribution in [2.45, 2.75) is 19.9 Å². The van der Waals surface area contributed by atoms with Gasteiger partial charge in [-0.2, -0.15) is 0 Å². The maximum absolute atomic E-state index is 6.04. The molecule has 0 spiro atoms. The molecule has 5 heteroatoms. The van der Waals surface area contributed by atoms with Crippen LogP contribution in [0.5, 0.6) is 0 Å². The largest absolute Gasteiger partial charge is 0.370 e. The second kappa shape index (κ2) is 8.68. The molecule has 0 aliphatic rings. The average molecular weight is 367 g/mol. The standard InChI is InChI=1S/C21H23ClN4/c1-16-24-20(23-12-11-17-9-6-10-19(22)13-17)14-21(25-16)26(2)15-18-7-4-3-5-8-18/h3-10,13-14H,11-12,15H2,1-2H3,(H,23,24,25). The van der Waals surface area contributed by atoms with Crippen LogP contribution in [0, 0.1) is 6.92 Å². The first-order chi connectivity index (χ1) is 12.6. The van der Waals surface area contributed by atoms with Gasteiger partial charge in [-0.15, -0.1) is 0 Å². The van der Waals surface area contributed by atoms with Gasteiger partial charge < -0.3 is 10.2 Å². The van der Waals surface area contributed by atoms with Crippen molar-refractivity contribution in [3.63, 3.8) is 0 Å². The van der Waals surface area contributed by atoms with Crippen molar-refractivity contribution in [2.75, 3.05) is 23.8 Å². The molecular formula is C21H23ClN4. The minimum Gasteiger partial charge on any atom is -0.370 e. The van der Waals surface area contributed by atoms with Crippen LogP contribution in [-0.2, 0) is 13.0 Å². The smallest absolute Gasteiger partial charge is 0.134 e. The Morgan fingerprint density at radius 1 is 0.962 bits per heavy atom. The van der Waals surface area contributed by atoms with Gasteiger partial charge in [0.15, 0.2) is 0 Å². The Hall–Kier alpha value is -2.59. The van der Waals surface area contributed by atoms with Crippen molar-refractivity contribution in [3.05, 3.63) is 82.6 Å². The summed E-state index contributed by atoms with van der Waals surface area (Å²) >= 11 is 6.04. The van der Waals surface area contributed by atoms with Gasteiger partial charge in [0.1, 0.15) is 17.5 Å². The van der Waals surface area contributed by atoms with E-state index >= 15 is 0 Å². The third-order valence-corrected chi connectivity index (χ3v) is 4.32. The maximum Gasteiger partial charge on any atom is 0.134 e. The first-order valence-corrected chi connectivity index (χ1v) is 9.07. The van der Waals surface area contributed by atoms with Crippen molar-refractivity contribution >= 4 is 23.2 Å². The number of halogens is 1. The molecule has 4 nitrogen and oxygen atoms in total. The molecule has 0 amide bonds. The molecule has 134 valence electrons. The fourth-order valence-electron chi connectivity index (χ4n) is 2.80. The zero-order chi connectivity index (χ0) is 18.4. The SMILES string of the molecule is Cc1nc(NCCc2cccc(Cl)c2)cc(N(C)Cc2ccccc2)n1. The van der Waals surface area contributed by atoms with E-state index in [-0.39, 0.29) is 0 Å². The van der Waals surface area contributed by atoms with Gasteiger partial charge in [0, 0.05) is 31.2 Å². The van der Waals surface area contributed by atoms with E-state index in [9.17, 15) is 0 Å². The van der Waals surface area contributed by atoms with E-state index in [1.807, 2.05) is 44.3 Å². The summed E-state index contributed by atoms with van der Waals surface area (Å²) in [7, 11) is 2.05. The molecule has 1 heterocycles. The average Bonchev–Trinajstić information content (AvgIpc) is 2.62. The lowest BCUT2D eigenvalue weighted by atomic mass is 10.1. The molecule has 0 bridgehead atoms.